The summed E-state index contributed by atoms with van der Waals surface area (Å²) >= 11 is 0. The minimum atomic E-state index is 0.0777. The number of piperazine rings is 1. The number of fused-ring (bicyclic) bond motifs is 1. The zero-order chi connectivity index (χ0) is 26.8. The van der Waals surface area contributed by atoms with Crippen LogP contribution in [0.25, 0.3) is 0 Å². The van der Waals surface area contributed by atoms with Crippen LogP contribution in [0, 0.1) is 0 Å². The van der Waals surface area contributed by atoms with Gasteiger partial charge in [-0.05, 0) is 75.6 Å². The normalized spacial score (nSPS) is 22.3. The Morgan fingerprint density at radius 2 is 1.59 bits per heavy atom. The smallest absolute Gasteiger partial charge is 0.246 e. The van der Waals surface area contributed by atoms with E-state index in [2.05, 4.69) is 54.5 Å². The minimum absolute atomic E-state index is 0.0777. The van der Waals surface area contributed by atoms with Gasteiger partial charge in [-0.2, -0.15) is 0 Å². The van der Waals surface area contributed by atoms with Crippen molar-refractivity contribution in [3.05, 3.63) is 71.6 Å². The Balaban J connectivity index is 0.000000319. The summed E-state index contributed by atoms with van der Waals surface area (Å²) in [5.41, 5.74) is 4.58. The molecule has 0 aromatic heterocycles. The van der Waals surface area contributed by atoms with Gasteiger partial charge in [0.15, 0.2) is 5.78 Å². The predicted octanol–water partition coefficient (Wildman–Crippen LogP) is 5.91. The number of hydrogen-bond acceptors (Lipinski definition) is 4. The summed E-state index contributed by atoms with van der Waals surface area (Å²) < 4.78 is 0. The first-order valence-electron chi connectivity index (χ1n) is 14.4. The molecule has 1 unspecified atom stereocenters. The molecule has 0 N–H and O–H groups in total. The molecule has 3 aliphatic rings. The van der Waals surface area contributed by atoms with E-state index in [9.17, 15) is 9.59 Å². The molecule has 2 aliphatic heterocycles. The number of benzene rings is 1. The largest absolute Gasteiger partial charge is 0.336 e. The average molecular weight is 506 g/mol. The molecule has 0 bridgehead atoms. The summed E-state index contributed by atoms with van der Waals surface area (Å²) in [6, 6.07) is 8.97. The van der Waals surface area contributed by atoms with Crippen molar-refractivity contribution >= 4 is 11.7 Å². The first-order valence-corrected chi connectivity index (χ1v) is 14.4. The number of nitrogens with zero attached hydrogens (tertiary/aromatic N) is 3. The van der Waals surface area contributed by atoms with Crippen molar-refractivity contribution in [3.8, 4) is 0 Å². The van der Waals surface area contributed by atoms with Gasteiger partial charge in [0.2, 0.25) is 5.91 Å². The lowest BCUT2D eigenvalue weighted by atomic mass is 10.0. The first kappa shape index (κ1) is 28.9. The maximum Gasteiger partial charge on any atom is 0.246 e. The van der Waals surface area contributed by atoms with Crippen molar-refractivity contribution in [3.63, 3.8) is 0 Å². The third-order valence-electron chi connectivity index (χ3n) is 7.87. The molecule has 1 amide bonds. The molecule has 1 saturated carbocycles. The highest BCUT2D eigenvalue weighted by Crippen LogP contribution is 2.37. The second-order valence-electron chi connectivity index (χ2n) is 10.4. The van der Waals surface area contributed by atoms with E-state index in [0.29, 0.717) is 6.54 Å². The second kappa shape index (κ2) is 14.3. The van der Waals surface area contributed by atoms with Crippen LogP contribution in [-0.2, 0) is 22.4 Å². The Bertz CT molecular complexity index is 967. The molecule has 37 heavy (non-hydrogen) atoms. The van der Waals surface area contributed by atoms with Gasteiger partial charge in [-0.3, -0.25) is 14.5 Å². The van der Waals surface area contributed by atoms with Crippen LogP contribution in [0.5, 0.6) is 0 Å². The van der Waals surface area contributed by atoms with Crippen molar-refractivity contribution in [1.82, 2.24) is 14.7 Å². The summed E-state index contributed by atoms with van der Waals surface area (Å²) in [5.74, 6) is 0.157. The molecule has 5 heteroatoms. The average Bonchev–Trinajstić information content (AvgIpc) is 3.60. The van der Waals surface area contributed by atoms with Crippen LogP contribution in [-0.4, -0.2) is 64.7 Å². The predicted molar refractivity (Wildman–Crippen MR) is 153 cm³/mol. The fourth-order valence-corrected chi connectivity index (χ4v) is 6.02. The lowest BCUT2D eigenvalue weighted by molar-refractivity contribution is -0.130. The molecule has 4 rings (SSSR count). The Hall–Kier alpha value is -2.66. The number of aryl methyl sites for hydroxylation is 2. The van der Waals surface area contributed by atoms with E-state index >= 15 is 0 Å². The van der Waals surface area contributed by atoms with Crippen LogP contribution < -0.4 is 0 Å². The van der Waals surface area contributed by atoms with Gasteiger partial charge in [0.05, 0.1) is 24.3 Å². The highest BCUT2D eigenvalue weighted by Gasteiger charge is 2.44. The van der Waals surface area contributed by atoms with Crippen LogP contribution in [0.15, 0.2) is 60.5 Å². The molecule has 2 heterocycles. The number of rotatable bonds is 8. The van der Waals surface area contributed by atoms with Crippen molar-refractivity contribution < 1.29 is 9.59 Å². The SMILES string of the molecule is C=C1CN(C(=O)/C=C/CN2CCCC2)[C@H]2CCCC2N1/C(=C\CC)C(C)=O.CCc1ccccc1CC. The highest BCUT2D eigenvalue weighted by molar-refractivity contribution is 5.93. The molecular weight excluding hydrogens is 458 g/mol. The lowest BCUT2D eigenvalue weighted by Gasteiger charge is -2.47. The van der Waals surface area contributed by atoms with E-state index in [1.165, 1.54) is 24.0 Å². The fourth-order valence-electron chi connectivity index (χ4n) is 6.02. The standard InChI is InChI=1S/C22H33N3O2.C10H14/c1-4-9-19(18(3)26)25-17(2)16-24(20-10-7-11-21(20)25)22(27)12-8-15-23-13-5-6-14-23;1-3-9-7-5-6-8-10(9)4-2/h8-9,12,20-21H,2,4-7,10-11,13-16H2,1,3H3;5-8H,3-4H2,1-2H3/b12-8+,19-9-;/t20-,21?;/m0./s1. The molecule has 0 radical (unpaired) electrons. The highest BCUT2D eigenvalue weighted by atomic mass is 16.2. The fraction of sp³-hybridized carbons (Fsp3) is 0.562. The number of amides is 1. The van der Waals surface area contributed by atoms with Crippen LogP contribution in [0.2, 0.25) is 0 Å². The van der Waals surface area contributed by atoms with Gasteiger partial charge in [-0.1, -0.05) is 63.8 Å². The van der Waals surface area contributed by atoms with Crippen molar-refractivity contribution in [1.29, 1.82) is 0 Å². The van der Waals surface area contributed by atoms with E-state index in [-0.39, 0.29) is 23.8 Å². The van der Waals surface area contributed by atoms with E-state index in [0.717, 1.165) is 69.6 Å². The minimum Gasteiger partial charge on any atom is -0.336 e. The van der Waals surface area contributed by atoms with E-state index < -0.39 is 0 Å². The van der Waals surface area contributed by atoms with Crippen LogP contribution in [0.3, 0.4) is 0 Å². The molecule has 3 fully saturated rings. The molecule has 2 saturated heterocycles. The van der Waals surface area contributed by atoms with E-state index in [1.807, 2.05) is 24.0 Å². The number of carbonyl (C=O) groups excluding carboxylic acids is 2. The molecule has 0 spiro atoms. The lowest BCUT2D eigenvalue weighted by Crippen LogP contribution is -2.57. The number of Topliss-reactive ketones (excluding diaryl/α,β-unsaturated/α-hetero) is 1. The zero-order valence-electron chi connectivity index (χ0n) is 23.5. The van der Waals surface area contributed by atoms with Gasteiger partial charge in [0.1, 0.15) is 0 Å². The summed E-state index contributed by atoms with van der Waals surface area (Å²) in [4.78, 5) is 31.6. The summed E-state index contributed by atoms with van der Waals surface area (Å²) in [7, 11) is 0. The van der Waals surface area contributed by atoms with Crippen LogP contribution in [0.1, 0.15) is 77.3 Å². The molecule has 2 atom stereocenters. The van der Waals surface area contributed by atoms with Gasteiger partial charge in [-0.25, -0.2) is 0 Å². The quantitative estimate of drug-likeness (QED) is 0.412. The summed E-state index contributed by atoms with van der Waals surface area (Å²) in [5, 5.41) is 0. The monoisotopic (exact) mass is 505 g/mol. The summed E-state index contributed by atoms with van der Waals surface area (Å²) in [6.45, 7) is 15.9. The number of hydrogen-bond donors (Lipinski definition) is 0. The maximum atomic E-state index is 12.9. The van der Waals surface area contributed by atoms with Crippen molar-refractivity contribution in [2.24, 2.45) is 0 Å². The van der Waals surface area contributed by atoms with Gasteiger partial charge >= 0.3 is 0 Å². The number of likely N-dealkylation sites (tertiary alicyclic amines) is 1. The summed E-state index contributed by atoms with van der Waals surface area (Å²) in [6.07, 6.45) is 14.5. The molecular formula is C32H47N3O2. The topological polar surface area (TPSA) is 43.9 Å². The Morgan fingerprint density at radius 1 is 0.973 bits per heavy atom. The molecule has 202 valence electrons. The van der Waals surface area contributed by atoms with Crippen molar-refractivity contribution in [2.45, 2.75) is 91.1 Å². The molecule has 5 nitrogen and oxygen atoms in total. The van der Waals surface area contributed by atoms with E-state index in [1.54, 1.807) is 13.0 Å². The van der Waals surface area contributed by atoms with E-state index in [4.69, 9.17) is 0 Å². The first-order chi connectivity index (χ1) is 17.9. The van der Waals surface area contributed by atoms with Crippen LogP contribution >= 0.6 is 0 Å². The molecule has 1 aromatic carbocycles. The van der Waals surface area contributed by atoms with Gasteiger partial charge in [-0.15, -0.1) is 0 Å². The third kappa shape index (κ3) is 7.44. The number of allylic oxidation sites excluding steroid dienone is 2. The van der Waals surface area contributed by atoms with Crippen molar-refractivity contribution in [2.75, 3.05) is 26.2 Å². The van der Waals surface area contributed by atoms with Gasteiger partial charge in [0.25, 0.3) is 0 Å². The Morgan fingerprint density at radius 3 is 2.16 bits per heavy atom. The van der Waals surface area contributed by atoms with Gasteiger partial charge < -0.3 is 9.80 Å². The Labute approximate surface area is 224 Å². The molecule has 1 aliphatic carbocycles. The molecule has 1 aromatic rings. The maximum absolute atomic E-state index is 12.9. The van der Waals surface area contributed by atoms with Crippen LogP contribution in [0.4, 0.5) is 0 Å². The number of ketones is 1. The number of carbonyl (C=O) groups is 2. The van der Waals surface area contributed by atoms with Gasteiger partial charge in [0, 0.05) is 25.2 Å². The third-order valence-corrected chi connectivity index (χ3v) is 7.87. The zero-order valence-corrected chi connectivity index (χ0v) is 23.5. The Kier molecular flexibility index (Phi) is 11.2. The second-order valence-corrected chi connectivity index (χ2v) is 10.4.